The van der Waals surface area contributed by atoms with Crippen LogP contribution < -0.4 is 0 Å². The van der Waals surface area contributed by atoms with Crippen molar-refractivity contribution in [1.29, 1.82) is 0 Å². The van der Waals surface area contributed by atoms with E-state index in [1.54, 1.807) is 0 Å². The third kappa shape index (κ3) is 3.79. The monoisotopic (exact) mass is 355 g/mol. The molecule has 2 aromatic carbocycles. The average Bonchev–Trinajstić information content (AvgIpc) is 3.07. The summed E-state index contributed by atoms with van der Waals surface area (Å²) in [5.74, 6) is 0. The molecule has 3 heteroatoms. The summed E-state index contributed by atoms with van der Waals surface area (Å²) in [5, 5.41) is 1.29. The molecule has 0 atom stereocenters. The Labute approximate surface area is 160 Å². The van der Waals surface area contributed by atoms with Gasteiger partial charge in [-0.3, -0.25) is 4.98 Å². The van der Waals surface area contributed by atoms with Crippen LogP contribution in [0.3, 0.4) is 0 Å². The SMILES string of the molecule is CN(C)CCCn1cc(-c2cncc(-c3ccccc3)c2)c2ccccc21. The topological polar surface area (TPSA) is 21.1 Å². The van der Waals surface area contributed by atoms with E-state index >= 15 is 0 Å². The van der Waals surface area contributed by atoms with Gasteiger partial charge >= 0.3 is 0 Å². The Morgan fingerprint density at radius 2 is 1.59 bits per heavy atom. The van der Waals surface area contributed by atoms with Gasteiger partial charge in [0.05, 0.1) is 0 Å². The van der Waals surface area contributed by atoms with Gasteiger partial charge < -0.3 is 9.47 Å². The summed E-state index contributed by atoms with van der Waals surface area (Å²) in [5.41, 5.74) is 6.05. The first kappa shape index (κ1) is 17.5. The van der Waals surface area contributed by atoms with Crippen LogP contribution in [-0.2, 0) is 6.54 Å². The molecule has 4 rings (SSSR count). The highest BCUT2D eigenvalue weighted by molar-refractivity contribution is 5.96. The van der Waals surface area contributed by atoms with Crippen LogP contribution in [-0.4, -0.2) is 35.1 Å². The highest BCUT2D eigenvalue weighted by Gasteiger charge is 2.11. The molecule has 0 spiro atoms. The van der Waals surface area contributed by atoms with E-state index in [-0.39, 0.29) is 0 Å². The van der Waals surface area contributed by atoms with Crippen LogP contribution in [0.2, 0.25) is 0 Å². The van der Waals surface area contributed by atoms with E-state index in [1.165, 1.54) is 27.6 Å². The van der Waals surface area contributed by atoms with Crippen molar-refractivity contribution in [2.75, 3.05) is 20.6 Å². The molecule has 0 unspecified atom stereocenters. The first-order valence-electron chi connectivity index (χ1n) is 9.46. The van der Waals surface area contributed by atoms with Crippen LogP contribution in [0.25, 0.3) is 33.2 Å². The minimum absolute atomic E-state index is 1.02. The Balaban J connectivity index is 1.74. The number of nitrogens with zero attached hydrogens (tertiary/aromatic N) is 3. The third-order valence-electron chi connectivity index (χ3n) is 4.95. The lowest BCUT2D eigenvalue weighted by Crippen LogP contribution is -2.14. The summed E-state index contributed by atoms with van der Waals surface area (Å²) < 4.78 is 2.38. The molecule has 136 valence electrons. The molecule has 27 heavy (non-hydrogen) atoms. The Morgan fingerprint density at radius 1 is 0.852 bits per heavy atom. The summed E-state index contributed by atoms with van der Waals surface area (Å²) in [6.07, 6.45) is 7.33. The van der Waals surface area contributed by atoms with Gasteiger partial charge in [0, 0.05) is 52.7 Å². The van der Waals surface area contributed by atoms with Crippen LogP contribution in [0.15, 0.2) is 79.3 Å². The fourth-order valence-corrected chi connectivity index (χ4v) is 3.59. The number of fused-ring (bicyclic) bond motifs is 1. The Hall–Kier alpha value is -2.91. The molecule has 2 heterocycles. The smallest absolute Gasteiger partial charge is 0.0486 e. The van der Waals surface area contributed by atoms with Crippen molar-refractivity contribution in [3.05, 3.63) is 79.3 Å². The maximum Gasteiger partial charge on any atom is 0.0486 e. The normalized spacial score (nSPS) is 11.4. The van der Waals surface area contributed by atoms with E-state index in [1.807, 2.05) is 18.5 Å². The van der Waals surface area contributed by atoms with Gasteiger partial charge in [0.15, 0.2) is 0 Å². The first-order valence-corrected chi connectivity index (χ1v) is 9.46. The lowest BCUT2D eigenvalue weighted by atomic mass is 10.0. The summed E-state index contributed by atoms with van der Waals surface area (Å²) in [6.45, 7) is 2.11. The molecule has 2 aromatic heterocycles. The number of para-hydroxylation sites is 1. The maximum atomic E-state index is 4.52. The van der Waals surface area contributed by atoms with E-state index in [0.29, 0.717) is 0 Å². The molecule has 3 nitrogen and oxygen atoms in total. The largest absolute Gasteiger partial charge is 0.347 e. The summed E-state index contributed by atoms with van der Waals surface area (Å²) in [4.78, 5) is 6.76. The quantitative estimate of drug-likeness (QED) is 0.466. The van der Waals surface area contributed by atoms with E-state index < -0.39 is 0 Å². The molecule has 4 aromatic rings. The van der Waals surface area contributed by atoms with Crippen molar-refractivity contribution in [2.45, 2.75) is 13.0 Å². The molecular weight excluding hydrogens is 330 g/mol. The number of aryl methyl sites for hydroxylation is 1. The molecule has 0 N–H and O–H groups in total. The molecule has 0 bridgehead atoms. The Bertz CT molecular complexity index is 1030. The lowest BCUT2D eigenvalue weighted by Gasteiger charge is -2.10. The number of rotatable bonds is 6. The Morgan fingerprint density at radius 3 is 2.41 bits per heavy atom. The predicted octanol–water partition coefficient (Wildman–Crippen LogP) is 5.32. The van der Waals surface area contributed by atoms with Gasteiger partial charge in [-0.15, -0.1) is 0 Å². The van der Waals surface area contributed by atoms with Crippen molar-refractivity contribution in [2.24, 2.45) is 0 Å². The van der Waals surface area contributed by atoms with Gasteiger partial charge in [-0.05, 0) is 44.8 Å². The van der Waals surface area contributed by atoms with E-state index in [2.05, 4.69) is 89.3 Å². The molecular formula is C24H25N3. The molecule has 0 saturated heterocycles. The number of benzene rings is 2. The van der Waals surface area contributed by atoms with Crippen molar-refractivity contribution >= 4 is 10.9 Å². The van der Waals surface area contributed by atoms with Gasteiger partial charge in [0.1, 0.15) is 0 Å². The van der Waals surface area contributed by atoms with Crippen molar-refractivity contribution in [1.82, 2.24) is 14.5 Å². The second-order valence-corrected chi connectivity index (χ2v) is 7.24. The van der Waals surface area contributed by atoms with Crippen LogP contribution in [0.4, 0.5) is 0 Å². The molecule has 0 amide bonds. The maximum absolute atomic E-state index is 4.52. The lowest BCUT2D eigenvalue weighted by molar-refractivity contribution is 0.388. The zero-order chi connectivity index (χ0) is 18.6. The highest BCUT2D eigenvalue weighted by atomic mass is 15.1. The van der Waals surface area contributed by atoms with E-state index in [9.17, 15) is 0 Å². The van der Waals surface area contributed by atoms with E-state index in [4.69, 9.17) is 0 Å². The minimum Gasteiger partial charge on any atom is -0.347 e. The summed E-state index contributed by atoms with van der Waals surface area (Å²) in [7, 11) is 4.25. The summed E-state index contributed by atoms with van der Waals surface area (Å²) in [6, 6.07) is 21.3. The number of hydrogen-bond donors (Lipinski definition) is 0. The van der Waals surface area contributed by atoms with Crippen molar-refractivity contribution in [3.8, 4) is 22.3 Å². The van der Waals surface area contributed by atoms with E-state index in [0.717, 1.165) is 25.1 Å². The van der Waals surface area contributed by atoms with Crippen LogP contribution in [0.1, 0.15) is 6.42 Å². The zero-order valence-electron chi connectivity index (χ0n) is 16.0. The molecule has 0 aliphatic rings. The molecule has 0 aliphatic heterocycles. The van der Waals surface area contributed by atoms with Crippen molar-refractivity contribution < 1.29 is 0 Å². The van der Waals surface area contributed by atoms with Crippen LogP contribution in [0.5, 0.6) is 0 Å². The number of pyridine rings is 1. The van der Waals surface area contributed by atoms with Gasteiger partial charge in [0.25, 0.3) is 0 Å². The molecule has 0 fully saturated rings. The fraction of sp³-hybridized carbons (Fsp3) is 0.208. The van der Waals surface area contributed by atoms with Gasteiger partial charge in [-0.25, -0.2) is 0 Å². The first-order chi connectivity index (χ1) is 13.2. The average molecular weight is 355 g/mol. The number of aromatic nitrogens is 2. The second-order valence-electron chi connectivity index (χ2n) is 7.24. The standard InChI is InChI=1S/C24H25N3/c1-26(2)13-8-14-27-18-23(22-11-6-7-12-24(22)27)21-15-20(16-25-17-21)19-9-4-3-5-10-19/h3-7,9-12,15-18H,8,13-14H2,1-2H3. The molecule has 0 saturated carbocycles. The molecule has 0 radical (unpaired) electrons. The second kappa shape index (κ2) is 7.77. The zero-order valence-corrected chi connectivity index (χ0v) is 16.0. The van der Waals surface area contributed by atoms with Crippen molar-refractivity contribution in [3.63, 3.8) is 0 Å². The Kier molecular flexibility index (Phi) is 5.03. The third-order valence-corrected chi connectivity index (χ3v) is 4.95. The highest BCUT2D eigenvalue weighted by Crippen LogP contribution is 2.32. The minimum atomic E-state index is 1.02. The van der Waals surface area contributed by atoms with Gasteiger partial charge in [-0.2, -0.15) is 0 Å². The molecule has 0 aliphatic carbocycles. The predicted molar refractivity (Wildman–Crippen MR) is 114 cm³/mol. The van der Waals surface area contributed by atoms with Crippen LogP contribution >= 0.6 is 0 Å². The number of hydrogen-bond acceptors (Lipinski definition) is 2. The van der Waals surface area contributed by atoms with Gasteiger partial charge in [0.2, 0.25) is 0 Å². The van der Waals surface area contributed by atoms with Gasteiger partial charge in [-0.1, -0.05) is 48.5 Å². The summed E-state index contributed by atoms with van der Waals surface area (Å²) >= 11 is 0. The van der Waals surface area contributed by atoms with Crippen LogP contribution in [0, 0.1) is 0 Å². The fourth-order valence-electron chi connectivity index (χ4n) is 3.59.